The zero-order valence-electron chi connectivity index (χ0n) is 12.6. The van der Waals surface area contributed by atoms with E-state index in [2.05, 4.69) is 20.2 Å². The number of nitrogens with zero attached hydrogens (tertiary/aromatic N) is 2. The fourth-order valence-corrected chi connectivity index (χ4v) is 2.53. The van der Waals surface area contributed by atoms with E-state index in [0.29, 0.717) is 12.1 Å². The molecule has 0 fully saturated rings. The molecule has 2 rings (SSSR count). The third-order valence-electron chi connectivity index (χ3n) is 3.36. The van der Waals surface area contributed by atoms with E-state index < -0.39 is 0 Å². The van der Waals surface area contributed by atoms with Gasteiger partial charge < -0.3 is 15.7 Å². The maximum absolute atomic E-state index is 12.0. The number of carbonyl (C=O) groups is 1. The number of aromatic nitrogens is 2. The van der Waals surface area contributed by atoms with Gasteiger partial charge in [-0.25, -0.2) is 4.79 Å². The quantitative estimate of drug-likeness (QED) is 0.764. The summed E-state index contributed by atoms with van der Waals surface area (Å²) in [4.78, 5) is 12.0. The van der Waals surface area contributed by atoms with Gasteiger partial charge in [0.25, 0.3) is 0 Å². The van der Waals surface area contributed by atoms with Crippen LogP contribution in [0, 0.1) is 5.92 Å². The first-order valence-electron chi connectivity index (χ1n) is 7.16. The number of aliphatic hydroxyl groups excluding tert-OH is 1. The van der Waals surface area contributed by atoms with Crippen LogP contribution in [0.3, 0.4) is 0 Å². The van der Waals surface area contributed by atoms with Crippen LogP contribution in [0.1, 0.15) is 20.3 Å². The Kier molecular flexibility index (Phi) is 5.85. The van der Waals surface area contributed by atoms with Crippen LogP contribution in [-0.2, 0) is 0 Å². The molecule has 0 unspecified atom stereocenters. The average molecular weight is 320 g/mol. The minimum absolute atomic E-state index is 0.0506. The van der Waals surface area contributed by atoms with E-state index in [4.69, 9.17) is 5.11 Å². The number of hydrogen-bond acceptors (Lipinski definition) is 5. The summed E-state index contributed by atoms with van der Waals surface area (Å²) in [5.74, 6) is 0.262. The second-order valence-electron chi connectivity index (χ2n) is 5.33. The molecule has 3 N–H and O–H groups in total. The van der Waals surface area contributed by atoms with E-state index in [1.54, 1.807) is 0 Å². The third kappa shape index (κ3) is 4.51. The van der Waals surface area contributed by atoms with Crippen molar-refractivity contribution in [1.82, 2.24) is 14.9 Å². The lowest BCUT2D eigenvalue weighted by atomic mass is 10.0. The largest absolute Gasteiger partial charge is 0.396 e. The van der Waals surface area contributed by atoms with Crippen molar-refractivity contribution >= 4 is 23.3 Å². The molecule has 2 aromatic rings. The van der Waals surface area contributed by atoms with Crippen LogP contribution >= 0.6 is 11.5 Å². The molecule has 1 heterocycles. The summed E-state index contributed by atoms with van der Waals surface area (Å²) >= 11 is 1.30. The van der Waals surface area contributed by atoms with Crippen LogP contribution < -0.4 is 10.6 Å². The van der Waals surface area contributed by atoms with Crippen LogP contribution in [0.15, 0.2) is 29.6 Å². The molecule has 22 heavy (non-hydrogen) atoms. The Balaban J connectivity index is 1.94. The van der Waals surface area contributed by atoms with Crippen molar-refractivity contribution in [2.45, 2.75) is 26.3 Å². The molecular weight excluding hydrogens is 300 g/mol. The summed E-state index contributed by atoms with van der Waals surface area (Å²) < 4.78 is 3.83. The maximum Gasteiger partial charge on any atom is 0.319 e. The third-order valence-corrected chi connectivity index (χ3v) is 3.86. The van der Waals surface area contributed by atoms with Gasteiger partial charge in [0.05, 0.1) is 0 Å². The predicted molar refractivity (Wildman–Crippen MR) is 87.8 cm³/mol. The molecule has 0 bridgehead atoms. The Bertz CT molecular complexity index is 584. The van der Waals surface area contributed by atoms with E-state index in [1.165, 1.54) is 11.5 Å². The predicted octanol–water partition coefficient (Wildman–Crippen LogP) is 2.73. The Morgan fingerprint density at radius 1 is 1.32 bits per heavy atom. The van der Waals surface area contributed by atoms with Gasteiger partial charge in [0, 0.05) is 29.3 Å². The molecule has 6 nitrogen and oxygen atoms in total. The molecular formula is C15H20N4O2S. The number of amides is 2. The van der Waals surface area contributed by atoms with Crippen LogP contribution in [0.25, 0.3) is 11.3 Å². The smallest absolute Gasteiger partial charge is 0.319 e. The molecule has 0 saturated heterocycles. The number of aliphatic hydroxyl groups is 1. The van der Waals surface area contributed by atoms with Gasteiger partial charge in [-0.05, 0) is 36.0 Å². The van der Waals surface area contributed by atoms with E-state index >= 15 is 0 Å². The number of anilines is 1. The molecule has 1 aromatic heterocycles. The molecule has 0 aliphatic rings. The molecule has 7 heteroatoms. The Morgan fingerprint density at radius 3 is 2.59 bits per heavy atom. The first-order chi connectivity index (χ1) is 10.6. The second kappa shape index (κ2) is 7.86. The van der Waals surface area contributed by atoms with Gasteiger partial charge in [0.1, 0.15) is 5.69 Å². The zero-order valence-corrected chi connectivity index (χ0v) is 13.4. The lowest BCUT2D eigenvalue weighted by Gasteiger charge is -2.21. The number of nitrogens with one attached hydrogen (secondary N) is 2. The van der Waals surface area contributed by atoms with Gasteiger partial charge in [-0.2, -0.15) is 0 Å². The van der Waals surface area contributed by atoms with Crippen LogP contribution in [-0.4, -0.2) is 33.4 Å². The fraction of sp³-hybridized carbons (Fsp3) is 0.400. The minimum Gasteiger partial charge on any atom is -0.396 e. The summed E-state index contributed by atoms with van der Waals surface area (Å²) in [7, 11) is 0. The lowest BCUT2D eigenvalue weighted by Crippen LogP contribution is -2.41. The van der Waals surface area contributed by atoms with E-state index in [0.717, 1.165) is 11.3 Å². The van der Waals surface area contributed by atoms with Crippen molar-refractivity contribution in [2.24, 2.45) is 5.92 Å². The summed E-state index contributed by atoms with van der Waals surface area (Å²) in [6.45, 7) is 4.08. The molecule has 0 aliphatic heterocycles. The van der Waals surface area contributed by atoms with Crippen molar-refractivity contribution in [3.05, 3.63) is 29.6 Å². The molecule has 1 atom stereocenters. The van der Waals surface area contributed by atoms with E-state index in [9.17, 15) is 4.79 Å². The summed E-state index contributed by atoms with van der Waals surface area (Å²) in [5.41, 5.74) is 2.49. The van der Waals surface area contributed by atoms with Crippen LogP contribution in [0.2, 0.25) is 0 Å². The zero-order chi connectivity index (χ0) is 15.9. The number of rotatable bonds is 6. The highest BCUT2D eigenvalue weighted by atomic mass is 32.1. The van der Waals surface area contributed by atoms with Crippen molar-refractivity contribution in [2.75, 3.05) is 11.9 Å². The van der Waals surface area contributed by atoms with Crippen molar-refractivity contribution in [3.63, 3.8) is 0 Å². The molecule has 118 valence electrons. The Labute approximate surface area is 133 Å². The summed E-state index contributed by atoms with van der Waals surface area (Å²) in [6.07, 6.45) is 0.543. The standard InChI is InChI=1S/C15H20N4O2S/c1-10(2)13(7-8-20)17-15(21)16-12-5-3-11(4-6-12)14-9-22-19-18-14/h3-6,9-10,13,20H,7-8H2,1-2H3,(H2,16,17,21)/t13-/m0/s1. The average Bonchev–Trinajstić information content (AvgIpc) is 3.01. The highest BCUT2D eigenvalue weighted by Crippen LogP contribution is 2.20. The fourth-order valence-electron chi connectivity index (χ4n) is 2.06. The van der Waals surface area contributed by atoms with E-state index in [-0.39, 0.29) is 24.6 Å². The van der Waals surface area contributed by atoms with Gasteiger partial charge in [0.15, 0.2) is 0 Å². The highest BCUT2D eigenvalue weighted by molar-refractivity contribution is 7.03. The second-order valence-corrected chi connectivity index (χ2v) is 5.94. The first kappa shape index (κ1) is 16.4. The van der Waals surface area contributed by atoms with Gasteiger partial charge in [-0.1, -0.05) is 30.5 Å². The first-order valence-corrected chi connectivity index (χ1v) is 7.99. The number of hydrogen-bond donors (Lipinski definition) is 3. The van der Waals surface area contributed by atoms with Crippen LogP contribution in [0.5, 0.6) is 0 Å². The van der Waals surface area contributed by atoms with Crippen molar-refractivity contribution < 1.29 is 9.90 Å². The van der Waals surface area contributed by atoms with Gasteiger partial charge in [-0.15, -0.1) is 5.10 Å². The van der Waals surface area contributed by atoms with E-state index in [1.807, 2.05) is 43.5 Å². The van der Waals surface area contributed by atoms with Crippen molar-refractivity contribution in [3.8, 4) is 11.3 Å². The molecule has 0 saturated carbocycles. The number of carbonyl (C=O) groups excluding carboxylic acids is 1. The van der Waals surface area contributed by atoms with Crippen molar-refractivity contribution in [1.29, 1.82) is 0 Å². The molecule has 2 amide bonds. The number of urea groups is 1. The monoisotopic (exact) mass is 320 g/mol. The molecule has 0 radical (unpaired) electrons. The molecule has 1 aromatic carbocycles. The SMILES string of the molecule is CC(C)[C@H](CCO)NC(=O)Nc1ccc(-c2csnn2)cc1. The van der Waals surface area contributed by atoms with Gasteiger partial charge in [0.2, 0.25) is 0 Å². The topological polar surface area (TPSA) is 87.1 Å². The normalized spacial score (nSPS) is 12.2. The molecule has 0 spiro atoms. The minimum atomic E-state index is -0.268. The lowest BCUT2D eigenvalue weighted by molar-refractivity contribution is 0.227. The maximum atomic E-state index is 12.0. The summed E-state index contributed by atoms with van der Waals surface area (Å²) in [5, 5.41) is 20.6. The Morgan fingerprint density at radius 2 is 2.05 bits per heavy atom. The Hall–Kier alpha value is -1.99. The summed E-state index contributed by atoms with van der Waals surface area (Å²) in [6, 6.07) is 7.11. The molecule has 0 aliphatic carbocycles. The van der Waals surface area contributed by atoms with Gasteiger partial charge >= 0.3 is 6.03 Å². The number of benzene rings is 1. The van der Waals surface area contributed by atoms with Crippen LogP contribution in [0.4, 0.5) is 10.5 Å². The highest BCUT2D eigenvalue weighted by Gasteiger charge is 2.15. The van der Waals surface area contributed by atoms with Gasteiger partial charge in [-0.3, -0.25) is 0 Å².